The van der Waals surface area contributed by atoms with Crippen LogP contribution < -0.4 is 0 Å². The van der Waals surface area contributed by atoms with Gasteiger partial charge in [0.05, 0.1) is 6.61 Å². The van der Waals surface area contributed by atoms with E-state index in [2.05, 4.69) is 23.2 Å². The molecule has 2 aromatic rings. The molecular formula is C12H13NO. The first-order valence-electron chi connectivity index (χ1n) is 5.09. The molecule has 1 aliphatic rings. The summed E-state index contributed by atoms with van der Waals surface area (Å²) in [6.07, 6.45) is 2.66. The third-order valence-electron chi connectivity index (χ3n) is 2.92. The molecule has 1 aromatic carbocycles. The molecule has 72 valence electrons. The van der Waals surface area contributed by atoms with Crippen LogP contribution in [0.2, 0.25) is 0 Å². The van der Waals surface area contributed by atoms with Gasteiger partial charge < -0.3 is 10.1 Å². The Labute approximate surface area is 82.6 Å². The van der Waals surface area contributed by atoms with E-state index in [1.54, 1.807) is 0 Å². The number of fused-ring (bicyclic) bond motifs is 1. The highest BCUT2D eigenvalue weighted by molar-refractivity contribution is 5.81. The Morgan fingerprint density at radius 2 is 2.14 bits per heavy atom. The van der Waals surface area contributed by atoms with Gasteiger partial charge in [-0.05, 0) is 41.8 Å². The molecule has 1 fully saturated rings. The molecule has 1 aliphatic carbocycles. The zero-order chi connectivity index (χ0) is 9.54. The number of benzene rings is 1. The number of hydrogen-bond donors (Lipinski definition) is 2. The topological polar surface area (TPSA) is 36.0 Å². The molecular weight excluding hydrogens is 174 g/mol. The molecule has 3 rings (SSSR count). The molecule has 2 heteroatoms. The second-order valence-electron chi connectivity index (χ2n) is 4.07. The summed E-state index contributed by atoms with van der Waals surface area (Å²) in [7, 11) is 0. The van der Waals surface area contributed by atoms with Gasteiger partial charge in [0.1, 0.15) is 0 Å². The van der Waals surface area contributed by atoms with Crippen molar-refractivity contribution in [3.8, 4) is 0 Å². The lowest BCUT2D eigenvalue weighted by atomic mass is 10.1. The summed E-state index contributed by atoms with van der Waals surface area (Å²) in [6, 6.07) is 8.56. The van der Waals surface area contributed by atoms with Crippen molar-refractivity contribution in [1.82, 2.24) is 4.98 Å². The van der Waals surface area contributed by atoms with Gasteiger partial charge in [0.25, 0.3) is 0 Å². The fourth-order valence-electron chi connectivity index (χ4n) is 1.96. The Balaban J connectivity index is 2.12. The van der Waals surface area contributed by atoms with E-state index in [1.807, 2.05) is 6.07 Å². The van der Waals surface area contributed by atoms with Crippen LogP contribution in [0.1, 0.15) is 30.0 Å². The van der Waals surface area contributed by atoms with E-state index in [9.17, 15) is 0 Å². The first kappa shape index (κ1) is 8.06. The van der Waals surface area contributed by atoms with E-state index < -0.39 is 0 Å². The van der Waals surface area contributed by atoms with E-state index in [0.29, 0.717) is 0 Å². The minimum absolute atomic E-state index is 0.0907. The highest BCUT2D eigenvalue weighted by atomic mass is 16.3. The van der Waals surface area contributed by atoms with Crippen molar-refractivity contribution in [1.29, 1.82) is 0 Å². The molecule has 0 unspecified atom stereocenters. The maximum Gasteiger partial charge on any atom is 0.0831 e. The average molecular weight is 187 g/mol. The van der Waals surface area contributed by atoms with Gasteiger partial charge in [0, 0.05) is 11.2 Å². The lowest BCUT2D eigenvalue weighted by Crippen LogP contribution is -1.80. The Kier molecular flexibility index (Phi) is 1.64. The number of rotatable bonds is 2. The summed E-state index contributed by atoms with van der Waals surface area (Å²) in [4.78, 5) is 3.22. The third kappa shape index (κ3) is 1.23. The summed E-state index contributed by atoms with van der Waals surface area (Å²) < 4.78 is 0. The summed E-state index contributed by atoms with van der Waals surface area (Å²) >= 11 is 0. The van der Waals surface area contributed by atoms with Crippen molar-refractivity contribution in [3.05, 3.63) is 35.5 Å². The largest absolute Gasteiger partial charge is 0.390 e. The Morgan fingerprint density at radius 3 is 2.86 bits per heavy atom. The molecule has 0 bridgehead atoms. The lowest BCUT2D eigenvalue weighted by molar-refractivity contribution is 0.278. The zero-order valence-electron chi connectivity index (χ0n) is 7.96. The van der Waals surface area contributed by atoms with Gasteiger partial charge in [-0.15, -0.1) is 0 Å². The summed E-state index contributed by atoms with van der Waals surface area (Å²) in [5.41, 5.74) is 3.48. The van der Waals surface area contributed by atoms with Crippen molar-refractivity contribution >= 4 is 10.9 Å². The average Bonchev–Trinajstić information content (AvgIpc) is 2.97. The molecule has 2 nitrogen and oxygen atoms in total. The molecule has 2 N–H and O–H groups in total. The maximum atomic E-state index is 9.00. The Hall–Kier alpha value is -1.28. The van der Waals surface area contributed by atoms with E-state index in [4.69, 9.17) is 5.11 Å². The quantitative estimate of drug-likeness (QED) is 0.744. The van der Waals surface area contributed by atoms with Crippen LogP contribution in [0.25, 0.3) is 10.9 Å². The molecule has 1 heterocycles. The van der Waals surface area contributed by atoms with Crippen LogP contribution in [0, 0.1) is 0 Å². The summed E-state index contributed by atoms with van der Waals surface area (Å²) in [5, 5.41) is 10.2. The second-order valence-corrected chi connectivity index (χ2v) is 4.07. The molecule has 1 saturated carbocycles. The van der Waals surface area contributed by atoms with Crippen molar-refractivity contribution in [3.63, 3.8) is 0 Å². The lowest BCUT2D eigenvalue weighted by Gasteiger charge is -1.96. The first-order valence-corrected chi connectivity index (χ1v) is 5.09. The number of H-pyrrole nitrogens is 1. The van der Waals surface area contributed by atoms with Crippen molar-refractivity contribution < 1.29 is 5.11 Å². The number of aromatic amines is 1. The van der Waals surface area contributed by atoms with Gasteiger partial charge >= 0.3 is 0 Å². The number of aliphatic hydroxyl groups excluding tert-OH is 1. The number of aromatic nitrogens is 1. The maximum absolute atomic E-state index is 9.00. The normalized spacial score (nSPS) is 16.4. The van der Waals surface area contributed by atoms with Gasteiger partial charge in [-0.25, -0.2) is 0 Å². The van der Waals surface area contributed by atoms with Crippen LogP contribution in [0.5, 0.6) is 0 Å². The van der Waals surface area contributed by atoms with E-state index in [1.165, 1.54) is 23.8 Å². The van der Waals surface area contributed by atoms with Crippen molar-refractivity contribution in [2.45, 2.75) is 25.4 Å². The SMILES string of the molecule is OCc1cc2ccc(C3CC3)cc2[nH]1. The van der Waals surface area contributed by atoms with Crippen molar-refractivity contribution in [2.75, 3.05) is 0 Å². The van der Waals surface area contributed by atoms with E-state index in [0.717, 1.165) is 17.1 Å². The van der Waals surface area contributed by atoms with Crippen LogP contribution in [0.3, 0.4) is 0 Å². The highest BCUT2D eigenvalue weighted by Crippen LogP contribution is 2.40. The van der Waals surface area contributed by atoms with Gasteiger partial charge in [-0.2, -0.15) is 0 Å². The van der Waals surface area contributed by atoms with Gasteiger partial charge in [0.15, 0.2) is 0 Å². The van der Waals surface area contributed by atoms with Gasteiger partial charge in [-0.3, -0.25) is 0 Å². The standard InChI is InChI=1S/C12H13NO/c14-7-11-5-10-4-3-9(8-1-2-8)6-12(10)13-11/h3-6,8,13-14H,1-2,7H2. The fraction of sp³-hybridized carbons (Fsp3) is 0.333. The number of nitrogens with one attached hydrogen (secondary N) is 1. The molecule has 1 aromatic heterocycles. The molecule has 0 spiro atoms. The summed E-state index contributed by atoms with van der Waals surface area (Å²) in [6.45, 7) is 0.0907. The van der Waals surface area contributed by atoms with E-state index in [-0.39, 0.29) is 6.61 Å². The van der Waals surface area contributed by atoms with Crippen LogP contribution in [0.15, 0.2) is 24.3 Å². The number of hydrogen-bond acceptors (Lipinski definition) is 1. The predicted octanol–water partition coefficient (Wildman–Crippen LogP) is 2.54. The Bertz CT molecular complexity index is 468. The van der Waals surface area contributed by atoms with Gasteiger partial charge in [-0.1, -0.05) is 12.1 Å². The molecule has 0 atom stereocenters. The predicted molar refractivity (Wildman–Crippen MR) is 56.2 cm³/mol. The second kappa shape index (κ2) is 2.85. The first-order chi connectivity index (χ1) is 6.86. The van der Waals surface area contributed by atoms with E-state index >= 15 is 0 Å². The molecule has 0 radical (unpaired) electrons. The molecule has 0 aliphatic heterocycles. The molecule has 0 amide bonds. The monoisotopic (exact) mass is 187 g/mol. The van der Waals surface area contributed by atoms with Crippen molar-refractivity contribution in [2.24, 2.45) is 0 Å². The molecule has 14 heavy (non-hydrogen) atoms. The van der Waals surface area contributed by atoms with Crippen LogP contribution in [0.4, 0.5) is 0 Å². The summed E-state index contributed by atoms with van der Waals surface area (Å²) in [5.74, 6) is 0.792. The number of aliphatic hydroxyl groups is 1. The third-order valence-corrected chi connectivity index (χ3v) is 2.92. The zero-order valence-corrected chi connectivity index (χ0v) is 7.96. The minimum atomic E-state index is 0.0907. The van der Waals surface area contributed by atoms with Crippen LogP contribution in [-0.4, -0.2) is 10.1 Å². The van der Waals surface area contributed by atoms with Crippen LogP contribution in [-0.2, 0) is 6.61 Å². The van der Waals surface area contributed by atoms with Gasteiger partial charge in [0.2, 0.25) is 0 Å². The Morgan fingerprint density at radius 1 is 1.29 bits per heavy atom. The highest BCUT2D eigenvalue weighted by Gasteiger charge is 2.23. The minimum Gasteiger partial charge on any atom is -0.390 e. The fourth-order valence-corrected chi connectivity index (χ4v) is 1.96. The van der Waals surface area contributed by atoms with Crippen LogP contribution >= 0.6 is 0 Å². The smallest absolute Gasteiger partial charge is 0.0831 e. The molecule has 0 saturated heterocycles.